The van der Waals surface area contributed by atoms with E-state index in [1.54, 1.807) is 0 Å². The van der Waals surface area contributed by atoms with Crippen molar-refractivity contribution >= 4 is 42.6 Å². The zero-order valence-corrected chi connectivity index (χ0v) is 12.0. The van der Waals surface area contributed by atoms with Crippen LogP contribution in [-0.4, -0.2) is 10.4 Å². The Kier molecular flexibility index (Phi) is 7.68. The Morgan fingerprint density at radius 2 is 1.76 bits per heavy atom. The molecule has 0 amide bonds. The van der Waals surface area contributed by atoms with Crippen LogP contribution in [-0.2, 0) is 9.09 Å². The van der Waals surface area contributed by atoms with E-state index in [4.69, 9.17) is 34.8 Å². The molecule has 1 aromatic rings. The average Bonchev–Trinajstić information content (AvgIpc) is 2.16. The Balaban J connectivity index is 0.000000318. The maximum atomic E-state index is 9.83. The van der Waals surface area contributed by atoms with Crippen molar-refractivity contribution in [2.45, 2.75) is 11.4 Å². The SMILES string of the molecule is Cc1ccccc1.O=P([O-])([O-])OC(Cl)(Cl)CCl. The Morgan fingerprint density at radius 1 is 1.29 bits per heavy atom. The number of phosphoric ester groups is 1. The lowest BCUT2D eigenvalue weighted by Gasteiger charge is -2.33. The normalized spacial score (nSPS) is 11.6. The molecule has 4 nitrogen and oxygen atoms in total. The third kappa shape index (κ3) is 11.0. The first-order chi connectivity index (χ1) is 7.66. The zero-order chi connectivity index (χ0) is 13.5. The van der Waals surface area contributed by atoms with Crippen LogP contribution >= 0.6 is 42.6 Å². The second-order valence-electron chi connectivity index (χ2n) is 2.96. The highest BCUT2D eigenvalue weighted by atomic mass is 35.5. The summed E-state index contributed by atoms with van der Waals surface area (Å²) in [7, 11) is -5.15. The maximum Gasteiger partial charge on any atom is 0.234 e. The molecule has 17 heavy (non-hydrogen) atoms. The fraction of sp³-hybridized carbons (Fsp3) is 0.333. The fourth-order valence-corrected chi connectivity index (χ4v) is 1.75. The molecule has 0 aliphatic heterocycles. The Morgan fingerprint density at radius 3 is 1.94 bits per heavy atom. The highest BCUT2D eigenvalue weighted by molar-refractivity contribution is 7.43. The van der Waals surface area contributed by atoms with Crippen LogP contribution in [0.3, 0.4) is 0 Å². The van der Waals surface area contributed by atoms with Gasteiger partial charge in [-0.3, -0.25) is 0 Å². The smallest absolute Gasteiger partial charge is 0.234 e. The Bertz CT molecular complexity index is 366. The highest BCUT2D eigenvalue weighted by Crippen LogP contribution is 2.38. The molecular formula is C9H10Cl3O4P-2. The number of rotatable bonds is 3. The maximum absolute atomic E-state index is 9.83. The van der Waals surface area contributed by atoms with Gasteiger partial charge in [-0.15, -0.1) is 11.6 Å². The van der Waals surface area contributed by atoms with E-state index >= 15 is 0 Å². The number of aryl methyl sites for hydroxylation is 1. The molecule has 1 rings (SSSR count). The van der Waals surface area contributed by atoms with E-state index < -0.39 is 18.2 Å². The highest BCUT2D eigenvalue weighted by Gasteiger charge is 2.24. The van der Waals surface area contributed by atoms with Gasteiger partial charge in [0.15, 0.2) is 0 Å². The molecular weight excluding hydrogens is 309 g/mol. The first-order valence-corrected chi connectivity index (χ1v) is 7.09. The summed E-state index contributed by atoms with van der Waals surface area (Å²) in [6.07, 6.45) is 0. The minimum atomic E-state index is -5.15. The quantitative estimate of drug-likeness (QED) is 0.632. The third-order valence-electron chi connectivity index (χ3n) is 1.34. The van der Waals surface area contributed by atoms with Gasteiger partial charge in [0.05, 0.1) is 13.7 Å². The van der Waals surface area contributed by atoms with Gasteiger partial charge in [0.1, 0.15) is 0 Å². The summed E-state index contributed by atoms with van der Waals surface area (Å²) in [5.74, 6) is -0.509. The summed E-state index contributed by atoms with van der Waals surface area (Å²) < 4.78 is 11.3. The van der Waals surface area contributed by atoms with Crippen LogP contribution < -0.4 is 9.79 Å². The lowest BCUT2D eigenvalue weighted by molar-refractivity contribution is -0.343. The Labute approximate surface area is 115 Å². The summed E-state index contributed by atoms with van der Waals surface area (Å²) in [5, 5.41) is 0. The van der Waals surface area contributed by atoms with Crippen molar-refractivity contribution in [2.24, 2.45) is 0 Å². The predicted octanol–water partition coefficient (Wildman–Crippen LogP) is 2.20. The summed E-state index contributed by atoms with van der Waals surface area (Å²) in [6, 6.07) is 10.3. The molecule has 0 aliphatic rings. The van der Waals surface area contributed by atoms with Gasteiger partial charge in [-0.1, -0.05) is 59.1 Å². The summed E-state index contributed by atoms with van der Waals surface area (Å²) in [6.45, 7) is 2.08. The van der Waals surface area contributed by atoms with Crippen molar-refractivity contribution in [2.75, 3.05) is 5.88 Å². The van der Waals surface area contributed by atoms with Gasteiger partial charge in [-0.25, -0.2) is 0 Å². The average molecular weight is 320 g/mol. The van der Waals surface area contributed by atoms with Gasteiger partial charge in [0.25, 0.3) is 0 Å². The summed E-state index contributed by atoms with van der Waals surface area (Å²) in [5.41, 5.74) is 1.32. The standard InChI is InChI=1S/C7H8.C2H4Cl3O4P/c1-7-5-3-2-4-6-7;3-1-2(4,5)9-10(6,7)8/h2-6H,1H3;1H2,(H2,6,7,8)/p-2. The zero-order valence-electron chi connectivity index (χ0n) is 8.81. The van der Waals surface area contributed by atoms with Crippen LogP contribution in [0.25, 0.3) is 0 Å². The second-order valence-corrected chi connectivity index (χ2v) is 5.72. The van der Waals surface area contributed by atoms with E-state index in [1.807, 2.05) is 18.2 Å². The number of alkyl halides is 3. The van der Waals surface area contributed by atoms with Crippen molar-refractivity contribution in [1.82, 2.24) is 0 Å². The second kappa shape index (κ2) is 7.59. The van der Waals surface area contributed by atoms with Crippen LogP contribution in [0.15, 0.2) is 30.3 Å². The first-order valence-electron chi connectivity index (χ1n) is 4.34. The number of halogens is 3. The number of hydrogen-bond donors (Lipinski definition) is 0. The molecule has 0 aromatic heterocycles. The van der Waals surface area contributed by atoms with E-state index in [-0.39, 0.29) is 0 Å². The van der Waals surface area contributed by atoms with Crippen LogP contribution in [0.1, 0.15) is 5.56 Å². The minimum Gasteiger partial charge on any atom is -0.790 e. The third-order valence-corrected chi connectivity index (χ3v) is 3.16. The van der Waals surface area contributed by atoms with Crippen molar-refractivity contribution in [1.29, 1.82) is 0 Å². The lowest BCUT2D eigenvalue weighted by atomic mass is 10.2. The van der Waals surface area contributed by atoms with Gasteiger partial charge >= 0.3 is 0 Å². The van der Waals surface area contributed by atoms with Crippen molar-refractivity contribution in [3.8, 4) is 0 Å². The molecule has 0 aliphatic carbocycles. The topological polar surface area (TPSA) is 72.4 Å². The van der Waals surface area contributed by atoms with Crippen molar-refractivity contribution < 1.29 is 18.9 Å². The first kappa shape index (κ1) is 17.2. The van der Waals surface area contributed by atoms with Crippen molar-refractivity contribution in [3.05, 3.63) is 35.9 Å². The van der Waals surface area contributed by atoms with Crippen LogP contribution in [0.4, 0.5) is 0 Å². The van der Waals surface area contributed by atoms with Gasteiger partial charge in [0.2, 0.25) is 4.52 Å². The molecule has 0 radical (unpaired) electrons. The molecule has 0 saturated carbocycles. The summed E-state index contributed by atoms with van der Waals surface area (Å²) >= 11 is 15.1. The number of phosphoric acid groups is 1. The van der Waals surface area contributed by atoms with Gasteiger partial charge in [-0.05, 0) is 6.92 Å². The number of benzene rings is 1. The van der Waals surface area contributed by atoms with E-state index in [0.29, 0.717) is 0 Å². The van der Waals surface area contributed by atoms with Gasteiger partial charge in [0, 0.05) is 0 Å². The molecule has 0 unspecified atom stereocenters. The number of hydrogen-bond acceptors (Lipinski definition) is 4. The molecule has 98 valence electrons. The lowest BCUT2D eigenvalue weighted by Crippen LogP contribution is -2.27. The molecule has 0 saturated heterocycles. The molecule has 0 atom stereocenters. The van der Waals surface area contributed by atoms with Gasteiger partial charge < -0.3 is 18.9 Å². The molecule has 1 aromatic carbocycles. The molecule has 0 N–H and O–H groups in total. The summed E-state index contributed by atoms with van der Waals surface area (Å²) in [4.78, 5) is 19.7. The molecule has 0 bridgehead atoms. The monoisotopic (exact) mass is 318 g/mol. The van der Waals surface area contributed by atoms with Crippen LogP contribution in [0.2, 0.25) is 0 Å². The van der Waals surface area contributed by atoms with Gasteiger partial charge in [-0.2, -0.15) is 0 Å². The predicted molar refractivity (Wildman–Crippen MR) is 65.0 cm³/mol. The molecule has 8 heteroatoms. The van der Waals surface area contributed by atoms with E-state index in [1.165, 1.54) is 5.56 Å². The van der Waals surface area contributed by atoms with Crippen molar-refractivity contribution in [3.63, 3.8) is 0 Å². The Hall–Kier alpha value is 0.200. The van der Waals surface area contributed by atoms with E-state index in [2.05, 4.69) is 23.6 Å². The molecule has 0 spiro atoms. The van der Waals surface area contributed by atoms with E-state index in [9.17, 15) is 14.4 Å². The largest absolute Gasteiger partial charge is 0.790 e. The minimum absolute atomic E-state index is 0.509. The van der Waals surface area contributed by atoms with Crippen LogP contribution in [0.5, 0.6) is 0 Å². The fourth-order valence-electron chi connectivity index (χ4n) is 0.722. The molecule has 0 fully saturated rings. The molecule has 0 heterocycles. The van der Waals surface area contributed by atoms with E-state index in [0.717, 1.165) is 0 Å². The van der Waals surface area contributed by atoms with Crippen LogP contribution in [0, 0.1) is 6.92 Å².